The molecule has 230 valence electrons. The molecule has 4 rings (SSSR count). The van der Waals surface area contributed by atoms with Crippen molar-refractivity contribution >= 4 is 23.4 Å². The number of likely N-dealkylation sites (tertiary alicyclic amines) is 1. The second kappa shape index (κ2) is 16.5. The molecule has 3 atom stereocenters. The molecule has 3 aromatic rings. The Labute approximate surface area is 254 Å². The maximum Gasteiger partial charge on any atom is 0.272 e. The molecular weight excluding hydrogens is 545 g/mol. The molecule has 0 spiro atoms. The van der Waals surface area contributed by atoms with Crippen LogP contribution in [0.4, 0.5) is 10.1 Å². The normalized spacial score (nSPS) is 15.9. The molecule has 1 fully saturated rings. The topological polar surface area (TPSA) is 117 Å². The zero-order chi connectivity index (χ0) is 31.4. The Morgan fingerprint density at radius 3 is 2.37 bits per heavy atom. The minimum atomic E-state index is -0.453. The zero-order valence-corrected chi connectivity index (χ0v) is 25.6. The minimum absolute atomic E-state index is 0.142. The van der Waals surface area contributed by atoms with Crippen molar-refractivity contribution in [2.75, 3.05) is 18.4 Å². The van der Waals surface area contributed by atoms with E-state index in [2.05, 4.69) is 41.6 Å². The third-order valence-corrected chi connectivity index (χ3v) is 7.47. The van der Waals surface area contributed by atoms with E-state index in [-0.39, 0.29) is 41.8 Å². The lowest BCUT2D eigenvalue weighted by atomic mass is 9.99. The number of aromatic nitrogens is 1. The monoisotopic (exact) mass is 589 g/mol. The van der Waals surface area contributed by atoms with E-state index in [0.717, 1.165) is 25.7 Å². The highest BCUT2D eigenvalue weighted by molar-refractivity contribution is 5.99. The van der Waals surface area contributed by atoms with Gasteiger partial charge in [-0.15, -0.1) is 0 Å². The Bertz CT molecular complexity index is 1350. The number of rotatable bonds is 9. The van der Waals surface area contributed by atoms with Crippen molar-refractivity contribution < 1.29 is 18.8 Å². The predicted molar refractivity (Wildman–Crippen MR) is 168 cm³/mol. The summed E-state index contributed by atoms with van der Waals surface area (Å²) >= 11 is 0. The van der Waals surface area contributed by atoms with Crippen LogP contribution in [0.25, 0.3) is 0 Å². The van der Waals surface area contributed by atoms with Crippen molar-refractivity contribution in [1.82, 2.24) is 15.2 Å². The minimum Gasteiger partial charge on any atom is -0.350 e. The lowest BCUT2D eigenvalue weighted by Gasteiger charge is -2.35. The summed E-state index contributed by atoms with van der Waals surface area (Å²) in [5.41, 5.74) is 9.21. The maximum atomic E-state index is 13.2. The van der Waals surface area contributed by atoms with Crippen LogP contribution in [0.3, 0.4) is 0 Å². The van der Waals surface area contributed by atoms with Gasteiger partial charge in [-0.25, -0.2) is 9.37 Å². The Kier molecular flexibility index (Phi) is 12.8. The van der Waals surface area contributed by atoms with Crippen LogP contribution in [-0.2, 0) is 4.79 Å². The van der Waals surface area contributed by atoms with Gasteiger partial charge in [-0.3, -0.25) is 14.4 Å². The predicted octanol–water partition coefficient (Wildman–Crippen LogP) is 5.65. The van der Waals surface area contributed by atoms with Crippen molar-refractivity contribution in [3.05, 3.63) is 95.1 Å². The SMILES string of the molecule is CCC1CCCCN1C(=O)c1cc(C(=O)NCC(N)CC(C)C(=O)Nc2ccc(F)cc2)cc(C)n1.Cc1ccccc1. The number of nitrogens with zero attached hydrogens (tertiary/aromatic N) is 2. The van der Waals surface area contributed by atoms with Gasteiger partial charge in [-0.2, -0.15) is 0 Å². The Morgan fingerprint density at radius 2 is 1.74 bits per heavy atom. The van der Waals surface area contributed by atoms with E-state index in [1.54, 1.807) is 19.9 Å². The van der Waals surface area contributed by atoms with Crippen molar-refractivity contribution in [3.63, 3.8) is 0 Å². The van der Waals surface area contributed by atoms with Crippen LogP contribution < -0.4 is 16.4 Å². The van der Waals surface area contributed by atoms with Crippen LogP contribution in [0.1, 0.15) is 78.1 Å². The largest absolute Gasteiger partial charge is 0.350 e. The number of benzene rings is 2. The number of hydrogen-bond acceptors (Lipinski definition) is 5. The summed E-state index contributed by atoms with van der Waals surface area (Å²) in [6, 6.07) is 18.7. The summed E-state index contributed by atoms with van der Waals surface area (Å²) < 4.78 is 13.0. The average molecular weight is 590 g/mol. The van der Waals surface area contributed by atoms with Gasteiger partial charge in [0.2, 0.25) is 5.91 Å². The summed E-state index contributed by atoms with van der Waals surface area (Å²) in [6.07, 6.45) is 4.31. The average Bonchev–Trinajstić information content (AvgIpc) is 3.00. The van der Waals surface area contributed by atoms with Crippen LogP contribution in [0.2, 0.25) is 0 Å². The first-order valence-corrected chi connectivity index (χ1v) is 15.0. The molecule has 0 radical (unpaired) electrons. The zero-order valence-electron chi connectivity index (χ0n) is 25.6. The number of halogens is 1. The Balaban J connectivity index is 0.000000633. The van der Waals surface area contributed by atoms with Crippen LogP contribution in [0.5, 0.6) is 0 Å². The quantitative estimate of drug-likeness (QED) is 0.298. The molecule has 0 bridgehead atoms. The fourth-order valence-corrected chi connectivity index (χ4v) is 5.05. The van der Waals surface area contributed by atoms with E-state index in [1.807, 2.05) is 23.1 Å². The second-order valence-electron chi connectivity index (χ2n) is 11.2. The standard InChI is InChI=1S/C27H36FN5O3.C7H8/c1-4-23-7-5-6-12-33(23)27(36)24-15-19(14-18(3)31-24)26(35)30-16-21(29)13-17(2)25(34)32-22-10-8-20(28)9-11-22;1-7-5-3-2-4-6-7/h8-11,14-15,17,21,23H,4-7,12-13,16,29H2,1-3H3,(H,30,35)(H,32,34);2-6H,1H3. The molecule has 1 aromatic heterocycles. The van der Waals surface area contributed by atoms with Gasteiger partial charge < -0.3 is 21.3 Å². The van der Waals surface area contributed by atoms with Gasteiger partial charge >= 0.3 is 0 Å². The van der Waals surface area contributed by atoms with Crippen LogP contribution in [0.15, 0.2) is 66.7 Å². The number of carbonyl (C=O) groups is 3. The molecule has 2 aromatic carbocycles. The molecule has 4 N–H and O–H groups in total. The molecule has 9 heteroatoms. The fraction of sp³-hybridized carbons (Fsp3) is 0.412. The molecule has 0 saturated carbocycles. The van der Waals surface area contributed by atoms with Crippen molar-refractivity contribution in [1.29, 1.82) is 0 Å². The van der Waals surface area contributed by atoms with Gasteiger partial charge in [0.1, 0.15) is 11.5 Å². The van der Waals surface area contributed by atoms with E-state index in [9.17, 15) is 18.8 Å². The van der Waals surface area contributed by atoms with Gasteiger partial charge in [0.25, 0.3) is 11.8 Å². The fourth-order valence-electron chi connectivity index (χ4n) is 5.05. The number of amides is 3. The van der Waals surface area contributed by atoms with E-state index in [1.165, 1.54) is 35.9 Å². The van der Waals surface area contributed by atoms with Crippen LogP contribution in [0, 0.1) is 25.6 Å². The second-order valence-corrected chi connectivity index (χ2v) is 11.2. The maximum absolute atomic E-state index is 13.2. The summed E-state index contributed by atoms with van der Waals surface area (Å²) in [4.78, 5) is 44.7. The number of pyridine rings is 1. The third-order valence-electron chi connectivity index (χ3n) is 7.47. The van der Waals surface area contributed by atoms with Gasteiger partial charge in [0, 0.05) is 48.0 Å². The molecule has 8 nitrogen and oxygen atoms in total. The summed E-state index contributed by atoms with van der Waals surface area (Å²) in [5.74, 6) is -1.52. The van der Waals surface area contributed by atoms with Gasteiger partial charge in [0.15, 0.2) is 0 Å². The smallest absolute Gasteiger partial charge is 0.272 e. The first-order chi connectivity index (χ1) is 20.6. The lowest BCUT2D eigenvalue weighted by Crippen LogP contribution is -2.44. The van der Waals surface area contributed by atoms with E-state index in [4.69, 9.17) is 5.73 Å². The third kappa shape index (κ3) is 10.6. The first-order valence-electron chi connectivity index (χ1n) is 15.0. The van der Waals surface area contributed by atoms with Crippen molar-refractivity contribution in [2.45, 2.75) is 71.9 Å². The molecule has 3 unspecified atom stereocenters. The summed E-state index contributed by atoms with van der Waals surface area (Å²) in [6.45, 7) is 8.54. The van der Waals surface area contributed by atoms with Crippen LogP contribution >= 0.6 is 0 Å². The van der Waals surface area contributed by atoms with Crippen molar-refractivity contribution in [2.24, 2.45) is 11.7 Å². The molecule has 1 aliphatic heterocycles. The number of nitrogens with one attached hydrogen (secondary N) is 2. The number of piperidine rings is 1. The van der Waals surface area contributed by atoms with E-state index in [0.29, 0.717) is 29.9 Å². The van der Waals surface area contributed by atoms with E-state index >= 15 is 0 Å². The first kappa shape index (κ1) is 33.4. The number of aryl methyl sites for hydroxylation is 2. The van der Waals surface area contributed by atoms with Gasteiger partial charge in [0.05, 0.1) is 0 Å². The highest BCUT2D eigenvalue weighted by Gasteiger charge is 2.28. The van der Waals surface area contributed by atoms with Crippen molar-refractivity contribution in [3.8, 4) is 0 Å². The highest BCUT2D eigenvalue weighted by Crippen LogP contribution is 2.22. The molecule has 1 aliphatic rings. The highest BCUT2D eigenvalue weighted by atomic mass is 19.1. The van der Waals surface area contributed by atoms with Gasteiger partial charge in [-0.1, -0.05) is 49.7 Å². The molecule has 1 saturated heterocycles. The number of nitrogens with two attached hydrogens (primary N) is 1. The Hall–Kier alpha value is -4.11. The number of hydrogen-bond donors (Lipinski definition) is 3. The van der Waals surface area contributed by atoms with Crippen LogP contribution in [-0.4, -0.2) is 52.8 Å². The summed E-state index contributed by atoms with van der Waals surface area (Å²) in [7, 11) is 0. The van der Waals surface area contributed by atoms with Gasteiger partial charge in [-0.05, 0) is 82.3 Å². The van der Waals surface area contributed by atoms with E-state index < -0.39 is 12.0 Å². The number of carbonyl (C=O) groups excluding carboxylic acids is 3. The molecule has 0 aliphatic carbocycles. The molecular formula is C34H44FN5O3. The number of anilines is 1. The molecule has 2 heterocycles. The molecule has 3 amide bonds. The molecule has 43 heavy (non-hydrogen) atoms. The lowest BCUT2D eigenvalue weighted by molar-refractivity contribution is -0.119. The summed E-state index contributed by atoms with van der Waals surface area (Å²) in [5, 5.41) is 5.53. The Morgan fingerprint density at radius 1 is 1.05 bits per heavy atom.